The highest BCUT2D eigenvalue weighted by Crippen LogP contribution is 2.17. The predicted octanol–water partition coefficient (Wildman–Crippen LogP) is 1.36. The highest BCUT2D eigenvalue weighted by Gasteiger charge is 2.20. The zero-order chi connectivity index (χ0) is 10.8. The number of aryl methyl sites for hydroxylation is 2. The molecule has 1 aromatic rings. The summed E-state index contributed by atoms with van der Waals surface area (Å²) in [4.78, 5) is 15.7. The van der Waals surface area contributed by atoms with Gasteiger partial charge in [-0.2, -0.15) is 5.10 Å². The number of carbonyl (C=O) groups is 1. The number of Topliss-reactive ketones (excluding diaryl/α,β-unsaturated/α-hetero) is 1. The maximum Gasteiger partial charge on any atom is 0.138 e. The van der Waals surface area contributed by atoms with Gasteiger partial charge in [-0.05, 0) is 0 Å². The molecule has 1 aromatic heterocycles. The molecule has 0 spiro atoms. The number of ketones is 1. The molecule has 0 fully saturated rings. The van der Waals surface area contributed by atoms with Crippen LogP contribution >= 0.6 is 0 Å². The van der Waals surface area contributed by atoms with Crippen LogP contribution < -0.4 is 0 Å². The first kappa shape index (κ1) is 10.9. The molecule has 78 valence electrons. The quantitative estimate of drug-likeness (QED) is 0.731. The number of rotatable bonds is 3. The van der Waals surface area contributed by atoms with Gasteiger partial charge in [-0.25, -0.2) is 4.98 Å². The number of hydrogen-bond acceptors (Lipinski definition) is 3. The summed E-state index contributed by atoms with van der Waals surface area (Å²) in [5.74, 6) is 1.13. The SMILES string of the molecule is Cn1ncnc1CCC(=O)C(C)(C)C. The summed E-state index contributed by atoms with van der Waals surface area (Å²) >= 11 is 0. The lowest BCUT2D eigenvalue weighted by molar-refractivity contribution is -0.126. The summed E-state index contributed by atoms with van der Waals surface area (Å²) < 4.78 is 1.70. The molecule has 0 bridgehead atoms. The van der Waals surface area contributed by atoms with Crippen molar-refractivity contribution in [2.45, 2.75) is 33.6 Å². The smallest absolute Gasteiger partial charge is 0.138 e. The predicted molar refractivity (Wildman–Crippen MR) is 53.8 cm³/mol. The normalized spacial score (nSPS) is 11.7. The third-order valence-electron chi connectivity index (χ3n) is 2.22. The molecule has 4 nitrogen and oxygen atoms in total. The molecule has 14 heavy (non-hydrogen) atoms. The fraction of sp³-hybridized carbons (Fsp3) is 0.700. The van der Waals surface area contributed by atoms with Crippen molar-refractivity contribution in [2.24, 2.45) is 12.5 Å². The van der Waals surface area contributed by atoms with E-state index in [0.717, 1.165) is 5.82 Å². The standard InChI is InChI=1S/C10H17N3O/c1-10(2,3)8(14)5-6-9-11-7-12-13(9)4/h7H,5-6H2,1-4H3. The fourth-order valence-electron chi connectivity index (χ4n) is 1.15. The topological polar surface area (TPSA) is 47.8 Å². The van der Waals surface area contributed by atoms with Gasteiger partial charge in [-0.1, -0.05) is 20.8 Å². The van der Waals surface area contributed by atoms with Gasteiger partial charge in [0.2, 0.25) is 0 Å². The molecule has 0 aliphatic rings. The van der Waals surface area contributed by atoms with Gasteiger partial charge in [0.15, 0.2) is 0 Å². The maximum atomic E-state index is 11.6. The lowest BCUT2D eigenvalue weighted by atomic mass is 9.88. The number of aromatic nitrogens is 3. The monoisotopic (exact) mass is 195 g/mol. The molecule has 1 heterocycles. The van der Waals surface area contributed by atoms with Crippen molar-refractivity contribution in [2.75, 3.05) is 0 Å². The summed E-state index contributed by atoms with van der Waals surface area (Å²) in [7, 11) is 1.84. The van der Waals surface area contributed by atoms with Gasteiger partial charge in [0.1, 0.15) is 17.9 Å². The molecular formula is C10H17N3O. The second-order valence-corrected chi connectivity index (χ2v) is 4.47. The van der Waals surface area contributed by atoms with E-state index in [1.807, 2.05) is 27.8 Å². The molecule has 0 saturated heterocycles. The van der Waals surface area contributed by atoms with E-state index in [-0.39, 0.29) is 11.2 Å². The van der Waals surface area contributed by atoms with Crippen molar-refractivity contribution < 1.29 is 4.79 Å². The Hall–Kier alpha value is -1.19. The van der Waals surface area contributed by atoms with Gasteiger partial charge in [0.05, 0.1) is 0 Å². The number of hydrogen-bond donors (Lipinski definition) is 0. The molecule has 0 atom stereocenters. The third-order valence-corrected chi connectivity index (χ3v) is 2.22. The van der Waals surface area contributed by atoms with E-state index < -0.39 is 0 Å². The molecule has 0 aliphatic carbocycles. The van der Waals surface area contributed by atoms with Crippen LogP contribution in [0.4, 0.5) is 0 Å². The Morgan fingerprint density at radius 1 is 1.50 bits per heavy atom. The molecule has 4 heteroatoms. The highest BCUT2D eigenvalue weighted by atomic mass is 16.1. The Kier molecular flexibility index (Phi) is 3.03. The molecule has 1 rings (SSSR count). The van der Waals surface area contributed by atoms with Crippen LogP contribution in [-0.2, 0) is 18.3 Å². The second kappa shape index (κ2) is 3.90. The maximum absolute atomic E-state index is 11.6. The van der Waals surface area contributed by atoms with Crippen LogP contribution in [0.5, 0.6) is 0 Å². The van der Waals surface area contributed by atoms with Crippen LogP contribution in [0.2, 0.25) is 0 Å². The molecule has 0 amide bonds. The van der Waals surface area contributed by atoms with Gasteiger partial charge in [0.25, 0.3) is 0 Å². The Morgan fingerprint density at radius 2 is 2.14 bits per heavy atom. The van der Waals surface area contributed by atoms with Crippen molar-refractivity contribution in [3.05, 3.63) is 12.2 Å². The Morgan fingerprint density at radius 3 is 2.57 bits per heavy atom. The first-order valence-corrected chi connectivity index (χ1v) is 4.77. The van der Waals surface area contributed by atoms with Gasteiger partial charge in [-0.3, -0.25) is 9.48 Å². The Labute approximate surface area is 84.3 Å². The van der Waals surface area contributed by atoms with Crippen molar-refractivity contribution in [1.29, 1.82) is 0 Å². The molecule has 0 unspecified atom stereocenters. The lowest BCUT2D eigenvalue weighted by Gasteiger charge is -2.15. The Balaban J connectivity index is 2.50. The van der Waals surface area contributed by atoms with Crippen LogP contribution in [0.3, 0.4) is 0 Å². The summed E-state index contributed by atoms with van der Waals surface area (Å²) in [6.07, 6.45) is 2.72. The van der Waals surface area contributed by atoms with Crippen LogP contribution in [-0.4, -0.2) is 20.5 Å². The van der Waals surface area contributed by atoms with Crippen LogP contribution in [0.25, 0.3) is 0 Å². The zero-order valence-electron chi connectivity index (χ0n) is 9.24. The first-order chi connectivity index (χ1) is 6.41. The van der Waals surface area contributed by atoms with Crippen molar-refractivity contribution >= 4 is 5.78 Å². The van der Waals surface area contributed by atoms with E-state index in [0.29, 0.717) is 12.8 Å². The number of carbonyl (C=O) groups excluding carboxylic acids is 1. The Bertz CT molecular complexity index is 322. The molecule has 0 aromatic carbocycles. The summed E-state index contributed by atoms with van der Waals surface area (Å²) in [5, 5.41) is 3.95. The van der Waals surface area contributed by atoms with Gasteiger partial charge < -0.3 is 0 Å². The largest absolute Gasteiger partial charge is 0.299 e. The van der Waals surface area contributed by atoms with Crippen molar-refractivity contribution in [1.82, 2.24) is 14.8 Å². The minimum absolute atomic E-state index is 0.251. The minimum atomic E-state index is -0.251. The highest BCUT2D eigenvalue weighted by molar-refractivity contribution is 5.83. The second-order valence-electron chi connectivity index (χ2n) is 4.47. The third kappa shape index (κ3) is 2.65. The van der Waals surface area contributed by atoms with Crippen LogP contribution in [0, 0.1) is 5.41 Å². The average molecular weight is 195 g/mol. The van der Waals surface area contributed by atoms with E-state index in [1.54, 1.807) is 4.68 Å². The van der Waals surface area contributed by atoms with E-state index in [4.69, 9.17) is 0 Å². The van der Waals surface area contributed by atoms with Crippen molar-refractivity contribution in [3.8, 4) is 0 Å². The van der Waals surface area contributed by atoms with Gasteiger partial charge >= 0.3 is 0 Å². The first-order valence-electron chi connectivity index (χ1n) is 4.77. The zero-order valence-corrected chi connectivity index (χ0v) is 9.24. The van der Waals surface area contributed by atoms with Gasteiger partial charge in [0, 0.05) is 25.3 Å². The summed E-state index contributed by atoms with van der Waals surface area (Å²) in [5.41, 5.74) is -0.251. The summed E-state index contributed by atoms with van der Waals surface area (Å²) in [6, 6.07) is 0. The van der Waals surface area contributed by atoms with E-state index in [2.05, 4.69) is 10.1 Å². The molecule has 0 aliphatic heterocycles. The van der Waals surface area contributed by atoms with E-state index >= 15 is 0 Å². The molecule has 0 saturated carbocycles. The molecule has 0 radical (unpaired) electrons. The molecule has 0 N–H and O–H groups in total. The van der Waals surface area contributed by atoms with Gasteiger partial charge in [-0.15, -0.1) is 0 Å². The van der Waals surface area contributed by atoms with E-state index in [9.17, 15) is 4.79 Å². The average Bonchev–Trinajstić information content (AvgIpc) is 2.45. The number of nitrogens with zero attached hydrogens (tertiary/aromatic N) is 3. The minimum Gasteiger partial charge on any atom is -0.299 e. The van der Waals surface area contributed by atoms with Crippen LogP contribution in [0.1, 0.15) is 33.0 Å². The summed E-state index contributed by atoms with van der Waals surface area (Å²) in [6.45, 7) is 5.81. The fourth-order valence-corrected chi connectivity index (χ4v) is 1.15. The molecular weight excluding hydrogens is 178 g/mol. The lowest BCUT2D eigenvalue weighted by Crippen LogP contribution is -2.20. The van der Waals surface area contributed by atoms with Crippen LogP contribution in [0.15, 0.2) is 6.33 Å². The van der Waals surface area contributed by atoms with E-state index in [1.165, 1.54) is 6.33 Å². The van der Waals surface area contributed by atoms with Crippen molar-refractivity contribution in [3.63, 3.8) is 0 Å².